The smallest absolute Gasteiger partial charge is 0.319 e. The number of halogens is 2. The summed E-state index contributed by atoms with van der Waals surface area (Å²) in [5.41, 5.74) is 0.800. The van der Waals surface area contributed by atoms with Gasteiger partial charge in [-0.25, -0.2) is 18.6 Å². The Hall–Kier alpha value is -2.70. The molecule has 24 heavy (non-hydrogen) atoms. The second kappa shape index (κ2) is 8.24. The van der Waals surface area contributed by atoms with Crippen molar-refractivity contribution in [3.8, 4) is 0 Å². The molecular formula is C17H20F2N4O. The van der Waals surface area contributed by atoms with Gasteiger partial charge in [-0.2, -0.15) is 0 Å². The van der Waals surface area contributed by atoms with Crippen LogP contribution in [-0.2, 0) is 6.54 Å². The molecule has 2 amide bonds. The molecule has 2 aromatic rings. The van der Waals surface area contributed by atoms with E-state index in [0.717, 1.165) is 36.6 Å². The maximum Gasteiger partial charge on any atom is 0.319 e. The van der Waals surface area contributed by atoms with Crippen molar-refractivity contribution in [3.63, 3.8) is 0 Å². The lowest BCUT2D eigenvalue weighted by Gasteiger charge is -2.20. The van der Waals surface area contributed by atoms with Gasteiger partial charge in [0, 0.05) is 31.9 Å². The first-order chi connectivity index (χ1) is 11.5. The fourth-order valence-corrected chi connectivity index (χ4v) is 2.23. The Labute approximate surface area is 139 Å². The second-order valence-corrected chi connectivity index (χ2v) is 5.13. The lowest BCUT2D eigenvalue weighted by atomic mass is 10.2. The molecule has 0 aliphatic heterocycles. The fourth-order valence-electron chi connectivity index (χ4n) is 2.23. The maximum atomic E-state index is 13.5. The zero-order valence-electron chi connectivity index (χ0n) is 13.6. The van der Waals surface area contributed by atoms with Gasteiger partial charge in [0.1, 0.15) is 17.5 Å². The predicted molar refractivity (Wildman–Crippen MR) is 90.0 cm³/mol. The number of hydrogen-bond acceptors (Lipinski definition) is 3. The van der Waals surface area contributed by atoms with Crippen LogP contribution in [0.3, 0.4) is 0 Å². The summed E-state index contributed by atoms with van der Waals surface area (Å²) < 4.78 is 26.3. The predicted octanol–water partition coefficient (Wildman–Crippen LogP) is 3.53. The Balaban J connectivity index is 1.95. The summed E-state index contributed by atoms with van der Waals surface area (Å²) in [5.74, 6) is -0.679. The van der Waals surface area contributed by atoms with Crippen molar-refractivity contribution in [3.05, 3.63) is 53.7 Å². The molecule has 0 aliphatic rings. The first-order valence-electron chi connectivity index (χ1n) is 7.73. The van der Waals surface area contributed by atoms with Crippen molar-refractivity contribution in [2.75, 3.05) is 23.3 Å². The van der Waals surface area contributed by atoms with Crippen LogP contribution < -0.4 is 15.5 Å². The van der Waals surface area contributed by atoms with Crippen LogP contribution >= 0.6 is 0 Å². The molecule has 0 bridgehead atoms. The number of pyridine rings is 1. The Bertz CT molecular complexity index is 705. The number of benzene rings is 1. The van der Waals surface area contributed by atoms with Crippen LogP contribution in [0.25, 0.3) is 0 Å². The molecular weight excluding hydrogens is 314 g/mol. The van der Waals surface area contributed by atoms with Gasteiger partial charge in [-0.15, -0.1) is 0 Å². The largest absolute Gasteiger partial charge is 0.357 e. The SMILES string of the molecule is CCN(CC)c1cc(CNC(=O)Nc2ccc(F)cc2F)ccn1. The van der Waals surface area contributed by atoms with Gasteiger partial charge in [-0.3, -0.25) is 0 Å². The number of aromatic nitrogens is 1. The molecule has 1 aromatic heterocycles. The van der Waals surface area contributed by atoms with E-state index in [0.29, 0.717) is 0 Å². The highest BCUT2D eigenvalue weighted by Gasteiger charge is 2.09. The van der Waals surface area contributed by atoms with Crippen molar-refractivity contribution in [1.82, 2.24) is 10.3 Å². The van der Waals surface area contributed by atoms with Crippen LogP contribution in [0.5, 0.6) is 0 Å². The van der Waals surface area contributed by atoms with E-state index in [1.807, 2.05) is 19.9 Å². The molecule has 1 aromatic carbocycles. The van der Waals surface area contributed by atoms with Gasteiger partial charge in [0.05, 0.1) is 5.69 Å². The summed E-state index contributed by atoms with van der Waals surface area (Å²) >= 11 is 0. The Morgan fingerprint density at radius 1 is 1.17 bits per heavy atom. The van der Waals surface area contributed by atoms with Crippen LogP contribution in [0.2, 0.25) is 0 Å². The van der Waals surface area contributed by atoms with Crippen LogP contribution in [0.4, 0.5) is 25.1 Å². The van der Waals surface area contributed by atoms with Crippen LogP contribution in [0, 0.1) is 11.6 Å². The molecule has 0 fully saturated rings. The summed E-state index contributed by atoms with van der Waals surface area (Å²) in [6.07, 6.45) is 1.68. The topological polar surface area (TPSA) is 57.3 Å². The zero-order chi connectivity index (χ0) is 17.5. The summed E-state index contributed by atoms with van der Waals surface area (Å²) in [4.78, 5) is 18.2. The van der Waals surface area contributed by atoms with Gasteiger partial charge in [-0.1, -0.05) is 0 Å². The summed E-state index contributed by atoms with van der Waals surface area (Å²) in [5, 5.41) is 4.98. The molecule has 128 valence electrons. The second-order valence-electron chi connectivity index (χ2n) is 5.13. The van der Waals surface area contributed by atoms with Gasteiger partial charge >= 0.3 is 6.03 Å². The molecule has 0 saturated heterocycles. The van der Waals surface area contributed by atoms with E-state index < -0.39 is 17.7 Å². The number of hydrogen-bond donors (Lipinski definition) is 2. The number of nitrogens with zero attached hydrogens (tertiary/aromatic N) is 2. The summed E-state index contributed by atoms with van der Waals surface area (Å²) in [6.45, 7) is 6.03. The standard InChI is InChI=1S/C17H20F2N4O/c1-3-23(4-2)16-9-12(7-8-20-16)11-21-17(24)22-15-6-5-13(18)10-14(15)19/h5-10H,3-4,11H2,1-2H3,(H2,21,22,24). The number of carbonyl (C=O) groups is 1. The molecule has 0 spiro atoms. The normalized spacial score (nSPS) is 10.3. The summed E-state index contributed by atoms with van der Waals surface area (Å²) in [6, 6.07) is 6.10. The molecule has 0 radical (unpaired) electrons. The number of rotatable bonds is 6. The molecule has 1 heterocycles. The maximum absolute atomic E-state index is 13.5. The van der Waals surface area contributed by atoms with Crippen LogP contribution in [0.15, 0.2) is 36.5 Å². The van der Waals surface area contributed by atoms with Gasteiger partial charge in [0.15, 0.2) is 0 Å². The van der Waals surface area contributed by atoms with Crippen molar-refractivity contribution >= 4 is 17.5 Å². The van der Waals surface area contributed by atoms with Crippen molar-refractivity contribution < 1.29 is 13.6 Å². The average molecular weight is 334 g/mol. The van der Waals surface area contributed by atoms with Gasteiger partial charge < -0.3 is 15.5 Å². The molecule has 2 N–H and O–H groups in total. The molecule has 0 unspecified atom stereocenters. The number of anilines is 2. The summed E-state index contributed by atoms with van der Waals surface area (Å²) in [7, 11) is 0. The Morgan fingerprint density at radius 2 is 1.92 bits per heavy atom. The highest BCUT2D eigenvalue weighted by Crippen LogP contribution is 2.15. The van der Waals surface area contributed by atoms with Crippen LogP contribution in [0.1, 0.15) is 19.4 Å². The van der Waals surface area contributed by atoms with Crippen LogP contribution in [-0.4, -0.2) is 24.1 Å². The minimum absolute atomic E-state index is 0.0764. The average Bonchev–Trinajstić information content (AvgIpc) is 2.57. The first-order valence-corrected chi connectivity index (χ1v) is 7.73. The van der Waals surface area contributed by atoms with Crippen molar-refractivity contribution in [1.29, 1.82) is 0 Å². The van der Waals surface area contributed by atoms with E-state index in [2.05, 4.69) is 20.5 Å². The monoisotopic (exact) mass is 334 g/mol. The highest BCUT2D eigenvalue weighted by molar-refractivity contribution is 5.89. The third kappa shape index (κ3) is 4.65. The number of nitrogens with one attached hydrogen (secondary N) is 2. The minimum Gasteiger partial charge on any atom is -0.357 e. The van der Waals surface area contributed by atoms with Gasteiger partial charge in [0.2, 0.25) is 0 Å². The molecule has 0 saturated carbocycles. The third-order valence-corrected chi connectivity index (χ3v) is 3.53. The molecule has 2 rings (SSSR count). The molecule has 7 heteroatoms. The van der Waals surface area contributed by atoms with E-state index in [-0.39, 0.29) is 12.2 Å². The van der Waals surface area contributed by atoms with Crippen molar-refractivity contribution in [2.45, 2.75) is 20.4 Å². The van der Waals surface area contributed by atoms with E-state index >= 15 is 0 Å². The lowest BCUT2D eigenvalue weighted by Crippen LogP contribution is -2.29. The first kappa shape index (κ1) is 17.7. The Morgan fingerprint density at radius 3 is 2.58 bits per heavy atom. The molecule has 0 aliphatic carbocycles. The van der Waals surface area contributed by atoms with E-state index in [1.165, 1.54) is 6.07 Å². The molecule has 5 nitrogen and oxygen atoms in total. The minimum atomic E-state index is -0.821. The number of carbonyl (C=O) groups excluding carboxylic acids is 1. The van der Waals surface area contributed by atoms with E-state index in [9.17, 15) is 13.6 Å². The highest BCUT2D eigenvalue weighted by atomic mass is 19.1. The quantitative estimate of drug-likeness (QED) is 0.850. The Kier molecular flexibility index (Phi) is 6.06. The molecule has 0 atom stereocenters. The van der Waals surface area contributed by atoms with Crippen molar-refractivity contribution in [2.24, 2.45) is 0 Å². The number of urea groups is 1. The third-order valence-electron chi connectivity index (χ3n) is 3.53. The number of amides is 2. The zero-order valence-corrected chi connectivity index (χ0v) is 13.6. The van der Waals surface area contributed by atoms with Gasteiger partial charge in [-0.05, 0) is 43.7 Å². The van der Waals surface area contributed by atoms with E-state index in [4.69, 9.17) is 0 Å². The fraction of sp³-hybridized carbons (Fsp3) is 0.294. The van der Waals surface area contributed by atoms with E-state index in [1.54, 1.807) is 12.3 Å². The van der Waals surface area contributed by atoms with Gasteiger partial charge in [0.25, 0.3) is 0 Å². The lowest BCUT2D eigenvalue weighted by molar-refractivity contribution is 0.251.